The van der Waals surface area contributed by atoms with E-state index in [1.165, 1.54) is 0 Å². The summed E-state index contributed by atoms with van der Waals surface area (Å²) in [6.07, 6.45) is 3.24. The minimum absolute atomic E-state index is 0.0727. The SMILES string of the molecule is CC(C)NC(=O)CNc1ncc(Br)cn1. The molecule has 0 spiro atoms. The van der Waals surface area contributed by atoms with Crippen molar-refractivity contribution in [3.05, 3.63) is 16.9 Å². The van der Waals surface area contributed by atoms with Crippen molar-refractivity contribution in [2.24, 2.45) is 0 Å². The van der Waals surface area contributed by atoms with Gasteiger partial charge in [-0.15, -0.1) is 0 Å². The summed E-state index contributed by atoms with van der Waals surface area (Å²) in [7, 11) is 0. The Kier molecular flexibility index (Phi) is 4.48. The summed E-state index contributed by atoms with van der Waals surface area (Å²) in [5.41, 5.74) is 0. The number of carbonyl (C=O) groups is 1. The topological polar surface area (TPSA) is 66.9 Å². The third kappa shape index (κ3) is 4.73. The third-order valence-electron chi connectivity index (χ3n) is 1.48. The van der Waals surface area contributed by atoms with Crippen LogP contribution in [0.3, 0.4) is 0 Å². The van der Waals surface area contributed by atoms with E-state index >= 15 is 0 Å². The van der Waals surface area contributed by atoms with Crippen LogP contribution in [-0.4, -0.2) is 28.5 Å². The number of hydrogen-bond acceptors (Lipinski definition) is 4. The van der Waals surface area contributed by atoms with Crippen molar-refractivity contribution in [1.29, 1.82) is 0 Å². The fourth-order valence-electron chi connectivity index (χ4n) is 0.936. The Morgan fingerprint density at radius 2 is 2.07 bits per heavy atom. The van der Waals surface area contributed by atoms with Crippen LogP contribution in [0.5, 0.6) is 0 Å². The van der Waals surface area contributed by atoms with Crippen LogP contribution in [0, 0.1) is 0 Å². The standard InChI is InChI=1S/C9H13BrN4O/c1-6(2)14-8(15)5-13-9-11-3-7(10)4-12-9/h3-4,6H,5H2,1-2H3,(H,14,15)(H,11,12,13). The molecule has 0 aromatic carbocycles. The van der Waals surface area contributed by atoms with Crippen LogP contribution in [0.1, 0.15) is 13.8 Å². The summed E-state index contributed by atoms with van der Waals surface area (Å²) < 4.78 is 0.805. The third-order valence-corrected chi connectivity index (χ3v) is 1.89. The highest BCUT2D eigenvalue weighted by Gasteiger charge is 2.03. The monoisotopic (exact) mass is 272 g/mol. The zero-order chi connectivity index (χ0) is 11.3. The first-order chi connectivity index (χ1) is 7.08. The lowest BCUT2D eigenvalue weighted by Crippen LogP contribution is -2.35. The number of anilines is 1. The summed E-state index contributed by atoms with van der Waals surface area (Å²) in [5, 5.41) is 5.58. The maximum atomic E-state index is 11.3. The van der Waals surface area contributed by atoms with Crippen molar-refractivity contribution >= 4 is 27.8 Å². The molecule has 0 fully saturated rings. The molecule has 15 heavy (non-hydrogen) atoms. The first kappa shape index (κ1) is 11.9. The Labute approximate surface area is 96.8 Å². The maximum absolute atomic E-state index is 11.3. The predicted molar refractivity (Wildman–Crippen MR) is 61.5 cm³/mol. The van der Waals surface area contributed by atoms with E-state index < -0.39 is 0 Å². The number of rotatable bonds is 4. The molecule has 0 radical (unpaired) electrons. The fraction of sp³-hybridized carbons (Fsp3) is 0.444. The van der Waals surface area contributed by atoms with E-state index in [4.69, 9.17) is 0 Å². The van der Waals surface area contributed by atoms with Gasteiger partial charge in [-0.1, -0.05) is 0 Å². The van der Waals surface area contributed by atoms with Crippen molar-refractivity contribution in [2.75, 3.05) is 11.9 Å². The second-order valence-corrected chi connectivity index (χ2v) is 4.22. The second-order valence-electron chi connectivity index (χ2n) is 3.30. The van der Waals surface area contributed by atoms with Crippen LogP contribution in [-0.2, 0) is 4.79 Å². The summed E-state index contributed by atoms with van der Waals surface area (Å²) in [5.74, 6) is 0.369. The summed E-state index contributed by atoms with van der Waals surface area (Å²) >= 11 is 3.23. The molecule has 1 heterocycles. The van der Waals surface area contributed by atoms with Gasteiger partial charge in [0.1, 0.15) is 0 Å². The van der Waals surface area contributed by atoms with Crippen molar-refractivity contribution < 1.29 is 4.79 Å². The van der Waals surface area contributed by atoms with Crippen LogP contribution >= 0.6 is 15.9 Å². The van der Waals surface area contributed by atoms with Crippen LogP contribution in [0.2, 0.25) is 0 Å². The summed E-state index contributed by atoms with van der Waals surface area (Å²) in [4.78, 5) is 19.2. The molecule has 0 aliphatic carbocycles. The molecule has 1 aromatic rings. The zero-order valence-corrected chi connectivity index (χ0v) is 10.2. The summed E-state index contributed by atoms with van der Waals surface area (Å²) in [6, 6.07) is 0.144. The molecule has 0 saturated carbocycles. The Morgan fingerprint density at radius 3 is 2.60 bits per heavy atom. The highest BCUT2D eigenvalue weighted by molar-refractivity contribution is 9.10. The van der Waals surface area contributed by atoms with Crippen molar-refractivity contribution in [3.8, 4) is 0 Å². The lowest BCUT2D eigenvalue weighted by atomic mass is 10.4. The molecule has 5 nitrogen and oxygen atoms in total. The van der Waals surface area contributed by atoms with Crippen molar-refractivity contribution in [2.45, 2.75) is 19.9 Å². The number of amides is 1. The highest BCUT2D eigenvalue weighted by Crippen LogP contribution is 2.06. The van der Waals surface area contributed by atoms with Gasteiger partial charge in [-0.25, -0.2) is 9.97 Å². The minimum atomic E-state index is -0.0727. The largest absolute Gasteiger partial charge is 0.352 e. The quantitative estimate of drug-likeness (QED) is 0.864. The average Bonchev–Trinajstić information content (AvgIpc) is 2.16. The number of nitrogens with zero attached hydrogens (tertiary/aromatic N) is 2. The number of aromatic nitrogens is 2. The Hall–Kier alpha value is -1.17. The molecule has 1 amide bonds. The molecule has 6 heteroatoms. The lowest BCUT2D eigenvalue weighted by molar-refractivity contribution is -0.119. The van der Waals surface area contributed by atoms with Crippen molar-refractivity contribution in [1.82, 2.24) is 15.3 Å². The van der Waals surface area contributed by atoms with Crippen molar-refractivity contribution in [3.63, 3.8) is 0 Å². The van der Waals surface area contributed by atoms with Gasteiger partial charge < -0.3 is 10.6 Å². The van der Waals surface area contributed by atoms with Gasteiger partial charge in [-0.3, -0.25) is 4.79 Å². The van der Waals surface area contributed by atoms with Crippen LogP contribution in [0.4, 0.5) is 5.95 Å². The van der Waals surface area contributed by atoms with E-state index in [-0.39, 0.29) is 18.5 Å². The van der Waals surface area contributed by atoms with E-state index in [2.05, 4.69) is 36.5 Å². The molecular formula is C9H13BrN4O. The maximum Gasteiger partial charge on any atom is 0.239 e. The number of nitrogens with one attached hydrogen (secondary N) is 2. The van der Waals surface area contributed by atoms with Gasteiger partial charge in [-0.2, -0.15) is 0 Å². The van der Waals surface area contributed by atoms with Gasteiger partial charge in [0.25, 0.3) is 0 Å². The molecule has 0 bridgehead atoms. The first-order valence-electron chi connectivity index (χ1n) is 4.58. The minimum Gasteiger partial charge on any atom is -0.352 e. The second kappa shape index (κ2) is 5.65. The molecule has 2 N–H and O–H groups in total. The molecule has 0 atom stereocenters. The number of hydrogen-bond donors (Lipinski definition) is 2. The molecule has 1 rings (SSSR count). The first-order valence-corrected chi connectivity index (χ1v) is 5.38. The van der Waals surface area contributed by atoms with E-state index in [1.807, 2.05) is 13.8 Å². The Morgan fingerprint density at radius 1 is 1.47 bits per heavy atom. The molecule has 0 aliphatic heterocycles. The number of halogens is 1. The van der Waals surface area contributed by atoms with Crippen LogP contribution in [0.15, 0.2) is 16.9 Å². The van der Waals surface area contributed by atoms with E-state index in [0.717, 1.165) is 4.47 Å². The zero-order valence-electron chi connectivity index (χ0n) is 8.62. The highest BCUT2D eigenvalue weighted by atomic mass is 79.9. The van der Waals surface area contributed by atoms with E-state index in [1.54, 1.807) is 12.4 Å². The van der Waals surface area contributed by atoms with Crippen LogP contribution < -0.4 is 10.6 Å². The molecule has 82 valence electrons. The molecule has 1 aromatic heterocycles. The smallest absolute Gasteiger partial charge is 0.239 e. The Balaban J connectivity index is 2.37. The van der Waals surface area contributed by atoms with Crippen LogP contribution in [0.25, 0.3) is 0 Å². The summed E-state index contributed by atoms with van der Waals surface area (Å²) in [6.45, 7) is 4.00. The van der Waals surface area contributed by atoms with Gasteiger partial charge in [-0.05, 0) is 29.8 Å². The van der Waals surface area contributed by atoms with Gasteiger partial charge in [0.15, 0.2) is 0 Å². The average molecular weight is 273 g/mol. The molecular weight excluding hydrogens is 260 g/mol. The van der Waals surface area contributed by atoms with E-state index in [0.29, 0.717) is 5.95 Å². The Bertz CT molecular complexity index is 325. The molecule has 0 unspecified atom stereocenters. The normalized spacial score (nSPS) is 10.1. The molecule has 0 saturated heterocycles. The predicted octanol–water partition coefficient (Wildman–Crippen LogP) is 1.18. The fourth-order valence-corrected chi connectivity index (χ4v) is 1.14. The van der Waals surface area contributed by atoms with Gasteiger partial charge >= 0.3 is 0 Å². The number of carbonyl (C=O) groups excluding carboxylic acids is 1. The lowest BCUT2D eigenvalue weighted by Gasteiger charge is -2.08. The molecule has 0 aliphatic rings. The van der Waals surface area contributed by atoms with Gasteiger partial charge in [0.2, 0.25) is 11.9 Å². The van der Waals surface area contributed by atoms with Gasteiger partial charge in [0.05, 0.1) is 11.0 Å². The van der Waals surface area contributed by atoms with E-state index in [9.17, 15) is 4.79 Å². The van der Waals surface area contributed by atoms with Gasteiger partial charge in [0, 0.05) is 18.4 Å².